The Balaban J connectivity index is 1.67. The minimum absolute atomic E-state index is 0.288. The molecule has 0 amide bonds. The van der Waals surface area contributed by atoms with Gasteiger partial charge in [0.05, 0.1) is 11.8 Å². The zero-order valence-corrected chi connectivity index (χ0v) is 14.0. The van der Waals surface area contributed by atoms with Crippen molar-refractivity contribution in [3.8, 4) is 11.1 Å². The molecule has 0 fully saturated rings. The Hall–Kier alpha value is -3.67. The van der Waals surface area contributed by atoms with Gasteiger partial charge in [-0.1, -0.05) is 30.3 Å². The molecular weight excluding hydrogens is 328 g/mol. The van der Waals surface area contributed by atoms with Crippen molar-refractivity contribution in [1.29, 1.82) is 0 Å². The van der Waals surface area contributed by atoms with Crippen molar-refractivity contribution >= 4 is 23.1 Å². The number of rotatable bonds is 4. The third-order valence-electron chi connectivity index (χ3n) is 4.11. The number of carboxylic acid groups (broad SMARTS) is 1. The van der Waals surface area contributed by atoms with E-state index in [0.717, 1.165) is 28.4 Å². The normalized spacial score (nSPS) is 10.8. The number of nitrogens with zero attached hydrogens (tertiary/aromatic N) is 3. The molecule has 0 radical (unpaired) electrons. The minimum atomic E-state index is -0.934. The van der Waals surface area contributed by atoms with Crippen LogP contribution in [-0.2, 0) is 0 Å². The Morgan fingerprint density at radius 1 is 1.08 bits per heavy atom. The molecule has 2 aromatic carbocycles. The van der Waals surface area contributed by atoms with Crippen LogP contribution < -0.4 is 5.32 Å². The van der Waals surface area contributed by atoms with Crippen LogP contribution in [-0.4, -0.2) is 25.7 Å². The molecular formula is C20H16N4O2. The van der Waals surface area contributed by atoms with Crippen molar-refractivity contribution in [1.82, 2.24) is 14.6 Å². The van der Waals surface area contributed by atoms with E-state index < -0.39 is 5.97 Å². The highest BCUT2D eigenvalue weighted by atomic mass is 16.4. The lowest BCUT2D eigenvalue weighted by Gasteiger charge is -2.11. The van der Waals surface area contributed by atoms with Gasteiger partial charge in [-0.05, 0) is 36.2 Å². The first-order chi connectivity index (χ1) is 12.6. The molecule has 2 heterocycles. The van der Waals surface area contributed by atoms with Crippen molar-refractivity contribution in [3.05, 3.63) is 78.1 Å². The van der Waals surface area contributed by atoms with Gasteiger partial charge in [-0.25, -0.2) is 9.78 Å². The van der Waals surface area contributed by atoms with E-state index in [2.05, 4.69) is 15.4 Å². The SMILES string of the molecule is Cc1cc(Nc2ccc(-c3ccccc3C(=O)O)cc2)n2nccc2n1. The molecule has 6 heteroatoms. The summed E-state index contributed by atoms with van der Waals surface area (Å²) in [6.07, 6.45) is 1.71. The molecule has 2 N–H and O–H groups in total. The lowest BCUT2D eigenvalue weighted by atomic mass is 9.99. The van der Waals surface area contributed by atoms with Crippen LogP contribution >= 0.6 is 0 Å². The molecule has 26 heavy (non-hydrogen) atoms. The van der Waals surface area contributed by atoms with Crippen LogP contribution in [0.4, 0.5) is 11.5 Å². The maximum Gasteiger partial charge on any atom is 0.336 e. The Morgan fingerprint density at radius 2 is 1.85 bits per heavy atom. The smallest absolute Gasteiger partial charge is 0.336 e. The number of aryl methyl sites for hydroxylation is 1. The fourth-order valence-electron chi connectivity index (χ4n) is 2.93. The molecule has 0 bridgehead atoms. The summed E-state index contributed by atoms with van der Waals surface area (Å²) in [7, 11) is 0. The van der Waals surface area contributed by atoms with Crippen LogP contribution in [0.15, 0.2) is 66.9 Å². The van der Waals surface area contributed by atoms with E-state index in [-0.39, 0.29) is 5.56 Å². The number of carbonyl (C=O) groups is 1. The van der Waals surface area contributed by atoms with Crippen LogP contribution in [0.3, 0.4) is 0 Å². The van der Waals surface area contributed by atoms with Crippen LogP contribution in [0.25, 0.3) is 16.8 Å². The minimum Gasteiger partial charge on any atom is -0.478 e. The second kappa shape index (κ2) is 6.33. The van der Waals surface area contributed by atoms with Crippen molar-refractivity contribution in [3.63, 3.8) is 0 Å². The van der Waals surface area contributed by atoms with Crippen molar-refractivity contribution in [2.24, 2.45) is 0 Å². The topological polar surface area (TPSA) is 79.5 Å². The first-order valence-corrected chi connectivity index (χ1v) is 8.13. The van der Waals surface area contributed by atoms with E-state index in [4.69, 9.17) is 0 Å². The highest BCUT2D eigenvalue weighted by Crippen LogP contribution is 2.26. The van der Waals surface area contributed by atoms with E-state index in [9.17, 15) is 9.90 Å². The summed E-state index contributed by atoms with van der Waals surface area (Å²) >= 11 is 0. The number of fused-ring (bicyclic) bond motifs is 1. The summed E-state index contributed by atoms with van der Waals surface area (Å²) in [5, 5.41) is 17.0. The molecule has 0 aliphatic heterocycles. The number of nitrogens with one attached hydrogen (secondary N) is 1. The van der Waals surface area contributed by atoms with E-state index >= 15 is 0 Å². The summed E-state index contributed by atoms with van der Waals surface area (Å²) in [5.74, 6) is -0.118. The predicted octanol–water partition coefficient (Wildman–Crippen LogP) is 4.15. The lowest BCUT2D eigenvalue weighted by molar-refractivity contribution is 0.0697. The molecule has 0 spiro atoms. The van der Waals surface area contributed by atoms with Gasteiger partial charge in [-0.2, -0.15) is 9.61 Å². The van der Waals surface area contributed by atoms with Gasteiger partial charge in [0.2, 0.25) is 0 Å². The highest BCUT2D eigenvalue weighted by molar-refractivity contribution is 5.96. The summed E-state index contributed by atoms with van der Waals surface area (Å²) in [6, 6.07) is 18.4. The number of carboxylic acids is 1. The highest BCUT2D eigenvalue weighted by Gasteiger charge is 2.11. The van der Waals surface area contributed by atoms with Gasteiger partial charge in [0.1, 0.15) is 5.82 Å². The van der Waals surface area contributed by atoms with Gasteiger partial charge >= 0.3 is 5.97 Å². The molecule has 128 valence electrons. The average Bonchev–Trinajstić information content (AvgIpc) is 3.11. The molecule has 2 aromatic heterocycles. The number of anilines is 2. The summed E-state index contributed by atoms with van der Waals surface area (Å²) in [4.78, 5) is 15.8. The molecule has 6 nitrogen and oxygen atoms in total. The first-order valence-electron chi connectivity index (χ1n) is 8.13. The summed E-state index contributed by atoms with van der Waals surface area (Å²) < 4.78 is 1.74. The largest absolute Gasteiger partial charge is 0.478 e. The number of benzene rings is 2. The van der Waals surface area contributed by atoms with Gasteiger partial charge in [0, 0.05) is 23.5 Å². The molecule has 0 saturated heterocycles. The molecule has 4 aromatic rings. The van der Waals surface area contributed by atoms with Crippen LogP contribution in [0.2, 0.25) is 0 Å². The van der Waals surface area contributed by atoms with Gasteiger partial charge < -0.3 is 10.4 Å². The maximum atomic E-state index is 11.4. The molecule has 0 aliphatic rings. The quantitative estimate of drug-likeness (QED) is 0.581. The van der Waals surface area contributed by atoms with Crippen molar-refractivity contribution in [2.75, 3.05) is 5.32 Å². The lowest BCUT2D eigenvalue weighted by Crippen LogP contribution is -2.02. The monoisotopic (exact) mass is 344 g/mol. The van der Waals surface area contributed by atoms with Crippen LogP contribution in [0.5, 0.6) is 0 Å². The third kappa shape index (κ3) is 2.88. The Morgan fingerprint density at radius 3 is 2.62 bits per heavy atom. The Bertz CT molecular complexity index is 1100. The van der Waals surface area contributed by atoms with E-state index in [1.807, 2.05) is 55.5 Å². The van der Waals surface area contributed by atoms with Crippen LogP contribution in [0.1, 0.15) is 16.1 Å². The number of aromatic nitrogens is 3. The number of aromatic carboxylic acids is 1. The van der Waals surface area contributed by atoms with E-state index in [1.54, 1.807) is 22.8 Å². The molecule has 4 rings (SSSR count). The second-order valence-corrected chi connectivity index (χ2v) is 5.94. The fraction of sp³-hybridized carbons (Fsp3) is 0.0500. The summed E-state index contributed by atoms with van der Waals surface area (Å²) in [6.45, 7) is 1.93. The number of hydrogen-bond acceptors (Lipinski definition) is 4. The molecule has 0 aliphatic carbocycles. The van der Waals surface area contributed by atoms with Gasteiger partial charge in [-0.15, -0.1) is 0 Å². The van der Waals surface area contributed by atoms with Crippen molar-refractivity contribution in [2.45, 2.75) is 6.92 Å². The summed E-state index contributed by atoms with van der Waals surface area (Å²) in [5.41, 5.74) is 4.39. The molecule has 0 atom stereocenters. The molecule has 0 saturated carbocycles. The standard InChI is InChI=1S/C20H16N4O2/c1-13-12-19(24-18(22-13)10-11-21-24)23-15-8-6-14(7-9-15)16-4-2-3-5-17(16)20(25)26/h2-12,23H,1H3,(H,25,26). The van der Waals surface area contributed by atoms with E-state index in [0.29, 0.717) is 5.56 Å². The van der Waals surface area contributed by atoms with Crippen molar-refractivity contribution < 1.29 is 9.90 Å². The third-order valence-corrected chi connectivity index (χ3v) is 4.11. The average molecular weight is 344 g/mol. The van der Waals surface area contributed by atoms with E-state index in [1.165, 1.54) is 0 Å². The zero-order chi connectivity index (χ0) is 18.1. The Kier molecular flexibility index (Phi) is 3.85. The van der Waals surface area contributed by atoms with Gasteiger partial charge in [0.25, 0.3) is 0 Å². The molecule has 0 unspecified atom stereocenters. The van der Waals surface area contributed by atoms with Crippen LogP contribution in [0, 0.1) is 6.92 Å². The first kappa shape index (κ1) is 15.8. The number of hydrogen-bond donors (Lipinski definition) is 2. The Labute approximate surface area is 149 Å². The van der Waals surface area contributed by atoms with Gasteiger partial charge in [0.15, 0.2) is 5.65 Å². The predicted molar refractivity (Wildman–Crippen MR) is 99.8 cm³/mol. The second-order valence-electron chi connectivity index (χ2n) is 5.94. The maximum absolute atomic E-state index is 11.4. The van der Waals surface area contributed by atoms with Gasteiger partial charge in [-0.3, -0.25) is 0 Å². The zero-order valence-electron chi connectivity index (χ0n) is 14.0. The fourth-order valence-corrected chi connectivity index (χ4v) is 2.93.